The Morgan fingerprint density at radius 1 is 1.47 bits per heavy atom. The van der Waals surface area contributed by atoms with Gasteiger partial charge < -0.3 is 14.6 Å². The molecule has 0 spiro atoms. The average molecular weight is 239 g/mol. The van der Waals surface area contributed by atoms with Crippen LogP contribution in [0, 0.1) is 0 Å². The minimum absolute atomic E-state index is 0.0613. The molecule has 0 unspecified atom stereocenters. The molecule has 0 aliphatic carbocycles. The zero-order chi connectivity index (χ0) is 12.7. The van der Waals surface area contributed by atoms with Gasteiger partial charge in [-0.15, -0.1) is 0 Å². The summed E-state index contributed by atoms with van der Waals surface area (Å²) >= 11 is 0. The largest absolute Gasteiger partial charge is 0.379 e. The fraction of sp³-hybridized carbons (Fsp3) is 0.769. The third-order valence-corrected chi connectivity index (χ3v) is 3.02. The van der Waals surface area contributed by atoms with Gasteiger partial charge >= 0.3 is 0 Å². The van der Waals surface area contributed by atoms with Crippen LogP contribution in [0.1, 0.15) is 32.9 Å². The van der Waals surface area contributed by atoms with Crippen molar-refractivity contribution in [2.45, 2.75) is 45.8 Å². The van der Waals surface area contributed by atoms with Crippen molar-refractivity contribution < 1.29 is 4.74 Å². The van der Waals surface area contributed by atoms with E-state index < -0.39 is 0 Å². The lowest BCUT2D eigenvalue weighted by molar-refractivity contribution is 0.0120. The summed E-state index contributed by atoms with van der Waals surface area (Å²) < 4.78 is 7.54. The van der Waals surface area contributed by atoms with Crippen molar-refractivity contribution in [2.75, 3.05) is 20.2 Å². The maximum absolute atomic E-state index is 5.40. The van der Waals surface area contributed by atoms with E-state index in [1.165, 1.54) is 0 Å². The van der Waals surface area contributed by atoms with E-state index in [2.05, 4.69) is 41.8 Å². The number of imidazole rings is 1. The molecule has 0 aliphatic heterocycles. The maximum Gasteiger partial charge on any atom is 0.0949 e. The van der Waals surface area contributed by atoms with Gasteiger partial charge in [0.25, 0.3) is 0 Å². The lowest BCUT2D eigenvalue weighted by atomic mass is 10.1. The fourth-order valence-corrected chi connectivity index (χ4v) is 1.55. The van der Waals surface area contributed by atoms with Gasteiger partial charge in [-0.25, -0.2) is 4.98 Å². The average Bonchev–Trinajstić information content (AvgIpc) is 2.75. The van der Waals surface area contributed by atoms with Crippen LogP contribution in [0.25, 0.3) is 0 Å². The van der Waals surface area contributed by atoms with Crippen LogP contribution in [0.5, 0.6) is 0 Å². The van der Waals surface area contributed by atoms with Gasteiger partial charge in [-0.3, -0.25) is 0 Å². The highest BCUT2D eigenvalue weighted by Gasteiger charge is 2.15. The van der Waals surface area contributed by atoms with Gasteiger partial charge in [-0.1, -0.05) is 6.92 Å². The van der Waals surface area contributed by atoms with E-state index in [0.29, 0.717) is 0 Å². The van der Waals surface area contributed by atoms with Crippen LogP contribution in [0.3, 0.4) is 0 Å². The summed E-state index contributed by atoms with van der Waals surface area (Å²) in [6, 6.07) is 0. The number of nitrogens with zero attached hydrogens (tertiary/aromatic N) is 2. The van der Waals surface area contributed by atoms with E-state index in [1.54, 1.807) is 7.11 Å². The van der Waals surface area contributed by atoms with Crippen LogP contribution < -0.4 is 5.32 Å². The lowest BCUT2D eigenvalue weighted by Gasteiger charge is -2.22. The zero-order valence-corrected chi connectivity index (χ0v) is 11.5. The second kappa shape index (κ2) is 6.77. The number of aryl methyl sites for hydroxylation is 1. The van der Waals surface area contributed by atoms with Crippen molar-refractivity contribution in [1.29, 1.82) is 0 Å². The highest BCUT2D eigenvalue weighted by atomic mass is 16.5. The predicted octanol–water partition coefficient (Wildman–Crippen LogP) is 1.85. The first-order chi connectivity index (χ1) is 8.07. The third kappa shape index (κ3) is 5.33. The molecule has 1 aromatic heterocycles. The summed E-state index contributed by atoms with van der Waals surface area (Å²) in [7, 11) is 1.76. The van der Waals surface area contributed by atoms with Gasteiger partial charge in [0, 0.05) is 32.8 Å². The van der Waals surface area contributed by atoms with Crippen molar-refractivity contribution in [3.8, 4) is 0 Å². The van der Waals surface area contributed by atoms with E-state index in [0.717, 1.165) is 38.2 Å². The van der Waals surface area contributed by atoms with Crippen molar-refractivity contribution in [3.05, 3.63) is 18.2 Å². The molecular weight excluding hydrogens is 214 g/mol. The number of rotatable bonds is 8. The van der Waals surface area contributed by atoms with E-state index in [1.807, 2.05) is 6.33 Å². The summed E-state index contributed by atoms with van der Waals surface area (Å²) in [5.41, 5.74) is 1.09. The molecule has 1 rings (SSSR count). The summed E-state index contributed by atoms with van der Waals surface area (Å²) in [6.07, 6.45) is 6.02. The Bertz CT molecular complexity index is 320. The minimum Gasteiger partial charge on any atom is -0.379 e. The monoisotopic (exact) mass is 239 g/mol. The normalized spacial score (nSPS) is 12.0. The Hall–Kier alpha value is -0.870. The number of hydrogen-bond acceptors (Lipinski definition) is 3. The van der Waals surface area contributed by atoms with Crippen LogP contribution in [0.4, 0.5) is 0 Å². The van der Waals surface area contributed by atoms with Crippen LogP contribution in [0.2, 0.25) is 0 Å². The second-order valence-electron chi connectivity index (χ2n) is 4.92. The van der Waals surface area contributed by atoms with Gasteiger partial charge in [0.15, 0.2) is 0 Å². The van der Waals surface area contributed by atoms with Crippen molar-refractivity contribution >= 4 is 0 Å². The molecule has 98 valence electrons. The molecule has 4 heteroatoms. The molecule has 0 aliphatic rings. The van der Waals surface area contributed by atoms with Gasteiger partial charge in [-0.05, 0) is 26.8 Å². The number of nitrogens with one attached hydrogen (secondary N) is 1. The van der Waals surface area contributed by atoms with Gasteiger partial charge in [-0.2, -0.15) is 0 Å². The molecule has 0 saturated carbocycles. The van der Waals surface area contributed by atoms with E-state index >= 15 is 0 Å². The van der Waals surface area contributed by atoms with E-state index in [-0.39, 0.29) is 5.60 Å². The summed E-state index contributed by atoms with van der Waals surface area (Å²) in [6.45, 7) is 9.30. The molecule has 1 N–H and O–H groups in total. The summed E-state index contributed by atoms with van der Waals surface area (Å²) in [5.74, 6) is 0. The first-order valence-electron chi connectivity index (χ1n) is 6.34. The molecule has 1 heterocycles. The maximum atomic E-state index is 5.40. The second-order valence-corrected chi connectivity index (χ2v) is 4.92. The van der Waals surface area contributed by atoms with E-state index in [4.69, 9.17) is 4.74 Å². The molecule has 17 heavy (non-hydrogen) atoms. The lowest BCUT2D eigenvalue weighted by Crippen LogP contribution is -2.24. The highest BCUT2D eigenvalue weighted by molar-refractivity contribution is 4.97. The highest BCUT2D eigenvalue weighted by Crippen LogP contribution is 2.14. The number of methoxy groups -OCH3 is 1. The minimum atomic E-state index is -0.0613. The first-order valence-corrected chi connectivity index (χ1v) is 6.34. The molecule has 1 aromatic rings. The molecule has 0 atom stereocenters. The Kier molecular flexibility index (Phi) is 5.65. The van der Waals surface area contributed by atoms with E-state index in [9.17, 15) is 0 Å². The summed E-state index contributed by atoms with van der Waals surface area (Å²) in [4.78, 5) is 4.40. The van der Waals surface area contributed by atoms with Crippen molar-refractivity contribution in [1.82, 2.24) is 14.9 Å². The topological polar surface area (TPSA) is 39.1 Å². The SMILES string of the molecule is CCNCCc1cn(CCC(C)(C)OC)cn1. The number of hydrogen-bond donors (Lipinski definition) is 1. The molecule has 0 aromatic carbocycles. The van der Waals surface area contributed by atoms with Crippen LogP contribution in [-0.2, 0) is 17.7 Å². The molecule has 0 fully saturated rings. The van der Waals surface area contributed by atoms with Crippen LogP contribution in [-0.4, -0.2) is 35.4 Å². The summed E-state index contributed by atoms with van der Waals surface area (Å²) in [5, 5.41) is 3.30. The molecule has 0 amide bonds. The Morgan fingerprint density at radius 3 is 2.88 bits per heavy atom. The molecule has 4 nitrogen and oxygen atoms in total. The van der Waals surface area contributed by atoms with Crippen molar-refractivity contribution in [2.24, 2.45) is 0 Å². The molecular formula is C13H25N3O. The number of likely N-dealkylation sites (N-methyl/N-ethyl adjacent to an activating group) is 1. The number of ether oxygens (including phenoxy) is 1. The van der Waals surface area contributed by atoms with Gasteiger partial charge in [0.2, 0.25) is 0 Å². The zero-order valence-electron chi connectivity index (χ0n) is 11.5. The Labute approximate surface area is 104 Å². The van der Waals surface area contributed by atoms with Gasteiger partial charge in [0.05, 0.1) is 17.6 Å². The standard InChI is InChI=1S/C13H25N3O/c1-5-14-8-6-12-10-16(11-15-12)9-7-13(2,3)17-4/h10-11,14H,5-9H2,1-4H3. The smallest absolute Gasteiger partial charge is 0.0949 e. The molecule has 0 saturated heterocycles. The predicted molar refractivity (Wildman–Crippen MR) is 70.2 cm³/mol. The Morgan fingerprint density at radius 2 is 2.24 bits per heavy atom. The van der Waals surface area contributed by atoms with Gasteiger partial charge in [0.1, 0.15) is 0 Å². The third-order valence-electron chi connectivity index (χ3n) is 3.02. The Balaban J connectivity index is 2.35. The fourth-order valence-electron chi connectivity index (χ4n) is 1.55. The quantitative estimate of drug-likeness (QED) is 0.704. The van der Waals surface area contributed by atoms with Crippen LogP contribution >= 0.6 is 0 Å². The van der Waals surface area contributed by atoms with Crippen molar-refractivity contribution in [3.63, 3.8) is 0 Å². The van der Waals surface area contributed by atoms with Crippen LogP contribution in [0.15, 0.2) is 12.5 Å². The molecule has 0 bridgehead atoms. The first kappa shape index (κ1) is 14.2. The number of aromatic nitrogens is 2. The molecule has 0 radical (unpaired) electrons.